The van der Waals surface area contributed by atoms with E-state index in [1.165, 1.54) is 0 Å². The molecule has 1 aliphatic heterocycles. The fourth-order valence-electron chi connectivity index (χ4n) is 4.51. The maximum absolute atomic E-state index is 13.1. The first-order valence-electron chi connectivity index (χ1n) is 9.93. The zero-order valence-electron chi connectivity index (χ0n) is 16.7. The summed E-state index contributed by atoms with van der Waals surface area (Å²) in [7, 11) is -3.34. The molecule has 150 valence electrons. The maximum atomic E-state index is 13.1. The standard InChI is InChI=1S/C21H27N3O3S/c1-4-28(26,27)23-12-8-11-16(23)20-19-17(13-21(2,3)14-18(19)25)24(22-20)15-9-6-5-7-10-15/h5-7,9-10,16H,4,8,11-14H2,1-3H3/t16-/m0/s1. The van der Waals surface area contributed by atoms with Crippen molar-refractivity contribution in [2.24, 2.45) is 5.41 Å². The number of hydrogen-bond acceptors (Lipinski definition) is 4. The van der Waals surface area contributed by atoms with Gasteiger partial charge in [-0.2, -0.15) is 9.40 Å². The number of aromatic nitrogens is 2. The van der Waals surface area contributed by atoms with E-state index in [2.05, 4.69) is 13.8 Å². The number of para-hydroxylation sites is 1. The van der Waals surface area contributed by atoms with E-state index in [1.54, 1.807) is 11.2 Å². The molecular formula is C21H27N3O3S. The average Bonchev–Trinajstić information content (AvgIpc) is 3.26. The van der Waals surface area contributed by atoms with Crippen molar-refractivity contribution in [1.29, 1.82) is 0 Å². The Morgan fingerprint density at radius 1 is 1.18 bits per heavy atom. The van der Waals surface area contributed by atoms with Crippen LogP contribution in [0.25, 0.3) is 5.69 Å². The first-order valence-corrected chi connectivity index (χ1v) is 11.5. The van der Waals surface area contributed by atoms with Gasteiger partial charge in [0.05, 0.1) is 34.4 Å². The lowest BCUT2D eigenvalue weighted by molar-refractivity contribution is 0.0908. The van der Waals surface area contributed by atoms with Crippen LogP contribution >= 0.6 is 0 Å². The topological polar surface area (TPSA) is 72.3 Å². The van der Waals surface area contributed by atoms with Crippen LogP contribution in [0.5, 0.6) is 0 Å². The molecule has 0 saturated carbocycles. The molecule has 2 aromatic rings. The predicted octanol–water partition coefficient (Wildman–Crippen LogP) is 3.51. The van der Waals surface area contributed by atoms with Crippen molar-refractivity contribution in [1.82, 2.24) is 14.1 Å². The Balaban J connectivity index is 1.90. The van der Waals surface area contributed by atoms with Gasteiger partial charge < -0.3 is 0 Å². The highest BCUT2D eigenvalue weighted by atomic mass is 32.2. The summed E-state index contributed by atoms with van der Waals surface area (Å²) in [6.45, 7) is 6.35. The van der Waals surface area contributed by atoms with Crippen molar-refractivity contribution in [2.75, 3.05) is 12.3 Å². The van der Waals surface area contributed by atoms with Crippen molar-refractivity contribution in [3.05, 3.63) is 47.3 Å². The number of carbonyl (C=O) groups is 1. The van der Waals surface area contributed by atoms with Gasteiger partial charge in [0, 0.05) is 13.0 Å². The summed E-state index contributed by atoms with van der Waals surface area (Å²) in [5, 5.41) is 4.85. The summed E-state index contributed by atoms with van der Waals surface area (Å²) in [6, 6.07) is 9.43. The molecule has 0 spiro atoms. The average molecular weight is 402 g/mol. The van der Waals surface area contributed by atoms with Gasteiger partial charge in [0.15, 0.2) is 5.78 Å². The lowest BCUT2D eigenvalue weighted by atomic mass is 9.75. The Morgan fingerprint density at radius 2 is 1.89 bits per heavy atom. The van der Waals surface area contributed by atoms with Crippen LogP contribution in [0.1, 0.15) is 67.8 Å². The van der Waals surface area contributed by atoms with E-state index in [-0.39, 0.29) is 23.0 Å². The van der Waals surface area contributed by atoms with Gasteiger partial charge in [0.25, 0.3) is 0 Å². The molecule has 0 bridgehead atoms. The van der Waals surface area contributed by atoms with Crippen LogP contribution in [0, 0.1) is 5.41 Å². The summed E-state index contributed by atoms with van der Waals surface area (Å²) >= 11 is 0. The second-order valence-electron chi connectivity index (χ2n) is 8.56. The largest absolute Gasteiger partial charge is 0.294 e. The number of benzene rings is 1. The van der Waals surface area contributed by atoms with Crippen molar-refractivity contribution in [2.45, 2.75) is 52.5 Å². The third-order valence-electron chi connectivity index (χ3n) is 5.81. The lowest BCUT2D eigenvalue weighted by Crippen LogP contribution is -2.33. The predicted molar refractivity (Wildman–Crippen MR) is 108 cm³/mol. The smallest absolute Gasteiger partial charge is 0.214 e. The lowest BCUT2D eigenvalue weighted by Gasteiger charge is -2.30. The third-order valence-corrected chi connectivity index (χ3v) is 7.70. The molecule has 0 amide bonds. The SMILES string of the molecule is CCS(=O)(=O)N1CCC[C@H]1c1nn(-c2ccccc2)c2c1C(=O)CC(C)(C)C2. The fraction of sp³-hybridized carbons (Fsp3) is 0.524. The Morgan fingerprint density at radius 3 is 2.57 bits per heavy atom. The molecule has 28 heavy (non-hydrogen) atoms. The highest BCUT2D eigenvalue weighted by molar-refractivity contribution is 7.89. The molecule has 1 atom stereocenters. The molecule has 1 saturated heterocycles. The van der Waals surface area contributed by atoms with Crippen molar-refractivity contribution in [3.63, 3.8) is 0 Å². The molecule has 6 nitrogen and oxygen atoms in total. The van der Waals surface area contributed by atoms with Gasteiger partial charge in [0.2, 0.25) is 10.0 Å². The molecule has 0 unspecified atom stereocenters. The number of ketones is 1. The van der Waals surface area contributed by atoms with Gasteiger partial charge >= 0.3 is 0 Å². The molecule has 2 aliphatic rings. The van der Waals surface area contributed by atoms with Gasteiger partial charge in [-0.05, 0) is 43.7 Å². The van der Waals surface area contributed by atoms with E-state index >= 15 is 0 Å². The van der Waals surface area contributed by atoms with E-state index < -0.39 is 10.0 Å². The molecule has 1 aromatic heterocycles. The Hall–Kier alpha value is -1.99. The molecule has 7 heteroatoms. The Bertz CT molecular complexity index is 1010. The van der Waals surface area contributed by atoms with Gasteiger partial charge in [-0.25, -0.2) is 13.1 Å². The first-order chi connectivity index (χ1) is 13.2. The van der Waals surface area contributed by atoms with E-state index in [0.717, 1.165) is 24.2 Å². The van der Waals surface area contributed by atoms with E-state index in [4.69, 9.17) is 5.10 Å². The van der Waals surface area contributed by atoms with Gasteiger partial charge in [-0.3, -0.25) is 4.79 Å². The van der Waals surface area contributed by atoms with E-state index in [1.807, 2.05) is 35.0 Å². The number of rotatable bonds is 4. The van der Waals surface area contributed by atoms with Gasteiger partial charge in [-0.15, -0.1) is 0 Å². The quantitative estimate of drug-likeness (QED) is 0.786. The minimum Gasteiger partial charge on any atom is -0.294 e. The van der Waals surface area contributed by atoms with Crippen LogP contribution in [0.3, 0.4) is 0 Å². The monoisotopic (exact) mass is 401 g/mol. The highest BCUT2D eigenvalue weighted by Gasteiger charge is 2.42. The molecule has 0 N–H and O–H groups in total. The van der Waals surface area contributed by atoms with Crippen LogP contribution in [0.2, 0.25) is 0 Å². The second-order valence-corrected chi connectivity index (χ2v) is 10.8. The number of nitrogens with zero attached hydrogens (tertiary/aromatic N) is 3. The number of hydrogen-bond donors (Lipinski definition) is 0. The summed E-state index contributed by atoms with van der Waals surface area (Å²) < 4.78 is 28.7. The molecule has 1 aliphatic carbocycles. The highest BCUT2D eigenvalue weighted by Crippen LogP contribution is 2.42. The molecule has 4 rings (SSSR count). The second kappa shape index (κ2) is 6.81. The normalized spacial score (nSPS) is 22.4. The number of carbonyl (C=O) groups excluding carboxylic acids is 1. The zero-order chi connectivity index (χ0) is 20.1. The van der Waals surface area contributed by atoms with Gasteiger partial charge in [0.1, 0.15) is 0 Å². The van der Waals surface area contributed by atoms with Crippen LogP contribution in [0.4, 0.5) is 0 Å². The van der Waals surface area contributed by atoms with Crippen molar-refractivity contribution < 1.29 is 13.2 Å². The summed E-state index contributed by atoms with van der Waals surface area (Å²) in [6.07, 6.45) is 2.69. The summed E-state index contributed by atoms with van der Waals surface area (Å²) in [5.74, 6) is 0.135. The van der Waals surface area contributed by atoms with E-state index in [9.17, 15) is 13.2 Å². The Kier molecular flexibility index (Phi) is 4.70. The minimum absolute atomic E-state index is 0.0616. The molecule has 1 aromatic carbocycles. The van der Waals surface area contributed by atoms with Crippen molar-refractivity contribution >= 4 is 15.8 Å². The molecular weight excluding hydrogens is 374 g/mol. The van der Waals surface area contributed by atoms with Crippen LogP contribution in [0.15, 0.2) is 30.3 Å². The number of sulfonamides is 1. The maximum Gasteiger partial charge on any atom is 0.214 e. The zero-order valence-corrected chi connectivity index (χ0v) is 17.5. The fourth-order valence-corrected chi connectivity index (χ4v) is 5.84. The van der Waals surface area contributed by atoms with Crippen molar-refractivity contribution in [3.8, 4) is 5.69 Å². The molecule has 1 fully saturated rings. The third kappa shape index (κ3) is 3.20. The minimum atomic E-state index is -3.34. The Labute approximate surface area is 166 Å². The number of Topliss-reactive ketones (excluding diaryl/α,β-unsaturated/α-hetero) is 1. The first kappa shape index (κ1) is 19.3. The molecule has 2 heterocycles. The number of fused-ring (bicyclic) bond motifs is 1. The summed E-state index contributed by atoms with van der Waals surface area (Å²) in [5.41, 5.74) is 2.94. The summed E-state index contributed by atoms with van der Waals surface area (Å²) in [4.78, 5) is 13.1. The van der Waals surface area contributed by atoms with Crippen LogP contribution in [-0.4, -0.2) is 40.6 Å². The van der Waals surface area contributed by atoms with E-state index in [0.29, 0.717) is 30.6 Å². The molecule has 0 radical (unpaired) electrons. The van der Waals surface area contributed by atoms with Gasteiger partial charge in [-0.1, -0.05) is 32.0 Å². The van der Waals surface area contributed by atoms with Crippen LogP contribution in [-0.2, 0) is 16.4 Å². The van der Waals surface area contributed by atoms with Crippen LogP contribution < -0.4 is 0 Å².